The number of aryl methyl sites for hydroxylation is 2. The SMILES string of the molecule is Cc1cc(=O)n(CCS(=O)(=O)O)[nH]1. The van der Waals surface area contributed by atoms with Crippen LogP contribution in [-0.2, 0) is 16.7 Å². The smallest absolute Gasteiger partial charge is 0.266 e. The van der Waals surface area contributed by atoms with Crippen molar-refractivity contribution >= 4 is 10.1 Å². The molecule has 0 radical (unpaired) electrons. The van der Waals surface area contributed by atoms with Gasteiger partial charge in [-0.25, -0.2) is 0 Å². The Kier molecular flexibility index (Phi) is 2.58. The van der Waals surface area contributed by atoms with Crippen LogP contribution in [0.25, 0.3) is 0 Å². The van der Waals surface area contributed by atoms with Crippen LogP contribution < -0.4 is 5.56 Å². The van der Waals surface area contributed by atoms with Crippen LogP contribution in [0.15, 0.2) is 10.9 Å². The molecule has 0 bridgehead atoms. The van der Waals surface area contributed by atoms with Crippen LogP contribution in [0.3, 0.4) is 0 Å². The Bertz CT molecular complexity index is 441. The number of hydrogen-bond acceptors (Lipinski definition) is 3. The summed E-state index contributed by atoms with van der Waals surface area (Å²) in [4.78, 5) is 11.0. The molecule has 1 rings (SSSR count). The van der Waals surface area contributed by atoms with E-state index < -0.39 is 15.9 Å². The van der Waals surface area contributed by atoms with Gasteiger partial charge in [0, 0.05) is 11.8 Å². The van der Waals surface area contributed by atoms with Crippen molar-refractivity contribution in [2.45, 2.75) is 13.5 Å². The Morgan fingerprint density at radius 1 is 1.62 bits per heavy atom. The van der Waals surface area contributed by atoms with Crippen LogP contribution in [0.2, 0.25) is 0 Å². The highest BCUT2D eigenvalue weighted by Crippen LogP contribution is 1.88. The monoisotopic (exact) mass is 206 g/mol. The van der Waals surface area contributed by atoms with Crippen molar-refractivity contribution in [3.8, 4) is 0 Å². The molecule has 6 nitrogen and oxygen atoms in total. The normalized spacial score (nSPS) is 11.8. The number of hydrogen-bond donors (Lipinski definition) is 2. The van der Waals surface area contributed by atoms with Gasteiger partial charge in [-0.1, -0.05) is 0 Å². The zero-order valence-electron chi connectivity index (χ0n) is 7.02. The molecule has 0 saturated carbocycles. The van der Waals surface area contributed by atoms with Gasteiger partial charge in [0.1, 0.15) is 0 Å². The van der Waals surface area contributed by atoms with Crippen molar-refractivity contribution in [2.75, 3.05) is 5.75 Å². The predicted molar refractivity (Wildman–Crippen MR) is 46.2 cm³/mol. The molecule has 0 fully saturated rings. The van der Waals surface area contributed by atoms with Gasteiger partial charge in [0.05, 0.1) is 12.3 Å². The van der Waals surface area contributed by atoms with Crippen molar-refractivity contribution in [3.63, 3.8) is 0 Å². The Balaban J connectivity index is 2.76. The largest absolute Gasteiger partial charge is 0.300 e. The maximum absolute atomic E-state index is 11.0. The van der Waals surface area contributed by atoms with Gasteiger partial charge in [0.25, 0.3) is 15.7 Å². The quantitative estimate of drug-likeness (QED) is 0.644. The molecule has 0 amide bonds. The second kappa shape index (κ2) is 3.35. The second-order valence-electron chi connectivity index (χ2n) is 2.72. The summed E-state index contributed by atoms with van der Waals surface area (Å²) >= 11 is 0. The zero-order valence-corrected chi connectivity index (χ0v) is 7.84. The fraction of sp³-hybridized carbons (Fsp3) is 0.500. The van der Waals surface area contributed by atoms with Crippen LogP contribution in [0, 0.1) is 6.92 Å². The summed E-state index contributed by atoms with van der Waals surface area (Å²) in [5.74, 6) is -0.465. The predicted octanol–water partition coefficient (Wildman–Crippen LogP) is -0.627. The first-order valence-corrected chi connectivity index (χ1v) is 5.21. The van der Waals surface area contributed by atoms with E-state index in [1.165, 1.54) is 6.07 Å². The first-order valence-electron chi connectivity index (χ1n) is 3.60. The third kappa shape index (κ3) is 3.03. The zero-order chi connectivity index (χ0) is 10.1. The van der Waals surface area contributed by atoms with Gasteiger partial charge in [-0.05, 0) is 6.92 Å². The molecule has 1 heterocycles. The highest BCUT2D eigenvalue weighted by Gasteiger charge is 2.06. The molecular weight excluding hydrogens is 196 g/mol. The summed E-state index contributed by atoms with van der Waals surface area (Å²) in [6.07, 6.45) is 0. The fourth-order valence-electron chi connectivity index (χ4n) is 0.936. The Morgan fingerprint density at radius 2 is 2.23 bits per heavy atom. The molecule has 1 aromatic heterocycles. The molecule has 2 N–H and O–H groups in total. The lowest BCUT2D eigenvalue weighted by molar-refractivity contribution is 0.474. The molecule has 0 aliphatic rings. The van der Waals surface area contributed by atoms with E-state index in [9.17, 15) is 13.2 Å². The summed E-state index contributed by atoms with van der Waals surface area (Å²) in [7, 11) is -4.01. The summed E-state index contributed by atoms with van der Waals surface area (Å²) in [6.45, 7) is 1.62. The van der Waals surface area contributed by atoms with E-state index in [4.69, 9.17) is 4.55 Å². The Labute approximate surface area is 74.9 Å². The minimum atomic E-state index is -4.01. The second-order valence-corrected chi connectivity index (χ2v) is 4.29. The van der Waals surface area contributed by atoms with E-state index >= 15 is 0 Å². The summed E-state index contributed by atoms with van der Waals surface area (Å²) < 4.78 is 30.2. The summed E-state index contributed by atoms with van der Waals surface area (Å²) in [5, 5.41) is 2.65. The van der Waals surface area contributed by atoms with Gasteiger partial charge in [-0.15, -0.1) is 0 Å². The molecule has 0 saturated heterocycles. The molecule has 0 aliphatic carbocycles. The fourth-order valence-corrected chi connectivity index (χ4v) is 1.35. The molecule has 0 atom stereocenters. The first-order chi connectivity index (χ1) is 5.88. The van der Waals surface area contributed by atoms with Gasteiger partial charge < -0.3 is 0 Å². The maximum Gasteiger partial charge on any atom is 0.266 e. The highest BCUT2D eigenvalue weighted by atomic mass is 32.2. The van der Waals surface area contributed by atoms with E-state index in [0.717, 1.165) is 4.68 Å². The molecule has 13 heavy (non-hydrogen) atoms. The van der Waals surface area contributed by atoms with Crippen LogP contribution in [0.4, 0.5) is 0 Å². The van der Waals surface area contributed by atoms with Gasteiger partial charge in [-0.2, -0.15) is 8.42 Å². The van der Waals surface area contributed by atoms with Crippen molar-refractivity contribution in [1.29, 1.82) is 0 Å². The average molecular weight is 206 g/mol. The summed E-state index contributed by atoms with van der Waals surface area (Å²) in [5.41, 5.74) is 0.349. The maximum atomic E-state index is 11.0. The molecule has 7 heteroatoms. The number of aromatic amines is 1. The van der Waals surface area contributed by atoms with Gasteiger partial charge in [0.2, 0.25) is 0 Å². The van der Waals surface area contributed by atoms with Crippen LogP contribution in [0.5, 0.6) is 0 Å². The lowest BCUT2D eigenvalue weighted by Gasteiger charge is -1.98. The van der Waals surface area contributed by atoms with Crippen molar-refractivity contribution in [1.82, 2.24) is 9.78 Å². The van der Waals surface area contributed by atoms with E-state index in [0.29, 0.717) is 5.69 Å². The summed E-state index contributed by atoms with van der Waals surface area (Å²) in [6, 6.07) is 1.35. The van der Waals surface area contributed by atoms with Crippen LogP contribution >= 0.6 is 0 Å². The number of nitrogens with zero attached hydrogens (tertiary/aromatic N) is 1. The minimum absolute atomic E-state index is 0.0640. The molecule has 1 aromatic rings. The Morgan fingerprint density at radius 3 is 2.62 bits per heavy atom. The van der Waals surface area contributed by atoms with Gasteiger partial charge >= 0.3 is 0 Å². The number of rotatable bonds is 3. The van der Waals surface area contributed by atoms with Gasteiger partial charge in [-0.3, -0.25) is 19.1 Å². The van der Waals surface area contributed by atoms with E-state index in [2.05, 4.69) is 5.10 Å². The molecule has 74 valence electrons. The third-order valence-electron chi connectivity index (χ3n) is 1.49. The number of H-pyrrole nitrogens is 1. The lowest BCUT2D eigenvalue weighted by Crippen LogP contribution is -2.21. The molecular formula is C6H10N2O4S. The molecule has 0 spiro atoms. The number of aromatic nitrogens is 2. The first kappa shape index (κ1) is 10.0. The third-order valence-corrected chi connectivity index (χ3v) is 2.19. The van der Waals surface area contributed by atoms with E-state index in [1.54, 1.807) is 6.92 Å². The standard InChI is InChI=1S/C6H10N2O4S/c1-5-4-6(9)8(7-5)2-3-13(10,11)12/h4,7H,2-3H2,1H3,(H,10,11,12). The van der Waals surface area contributed by atoms with E-state index in [1.807, 2.05) is 0 Å². The van der Waals surface area contributed by atoms with Crippen molar-refractivity contribution < 1.29 is 13.0 Å². The van der Waals surface area contributed by atoms with Crippen LogP contribution in [0.1, 0.15) is 5.69 Å². The average Bonchev–Trinajstić information content (AvgIpc) is 2.24. The van der Waals surface area contributed by atoms with E-state index in [-0.39, 0.29) is 12.1 Å². The highest BCUT2D eigenvalue weighted by molar-refractivity contribution is 7.85. The number of nitrogens with one attached hydrogen (secondary N) is 1. The lowest BCUT2D eigenvalue weighted by atomic mass is 10.5. The van der Waals surface area contributed by atoms with Gasteiger partial charge in [0.15, 0.2) is 0 Å². The van der Waals surface area contributed by atoms with Crippen LogP contribution in [-0.4, -0.2) is 28.5 Å². The topological polar surface area (TPSA) is 92.2 Å². The van der Waals surface area contributed by atoms with Crippen molar-refractivity contribution in [3.05, 3.63) is 22.1 Å². The minimum Gasteiger partial charge on any atom is -0.300 e. The Hall–Kier alpha value is -1.08. The molecule has 0 aromatic carbocycles. The van der Waals surface area contributed by atoms with Crippen molar-refractivity contribution in [2.24, 2.45) is 0 Å². The molecule has 0 aliphatic heterocycles. The molecule has 0 unspecified atom stereocenters.